The van der Waals surface area contributed by atoms with Crippen LogP contribution in [0.25, 0.3) is 30.8 Å². The Hall–Kier alpha value is 4.16. The molecule has 0 aliphatic carbocycles. The van der Waals surface area contributed by atoms with Crippen LogP contribution in [0.5, 0.6) is 0 Å². The summed E-state index contributed by atoms with van der Waals surface area (Å²) in [6, 6.07) is 0. The van der Waals surface area contributed by atoms with E-state index in [1.807, 2.05) is 0 Å². The average molecular weight is 756 g/mol. The summed E-state index contributed by atoms with van der Waals surface area (Å²) in [6.07, 6.45) is 0. The zero-order valence-electron chi connectivity index (χ0n) is 5.08. The molecule has 0 fully saturated rings. The molecule has 0 bridgehead atoms. The Morgan fingerprint density at radius 3 is 0.273 bits per heavy atom. The molecular weight excluding hydrogens is 756 g/mol. The molecule has 0 saturated heterocycles. The van der Waals surface area contributed by atoms with Crippen molar-refractivity contribution in [2.45, 2.75) is 0 Å². The van der Waals surface area contributed by atoms with E-state index in [9.17, 15) is 0 Å². The Bertz CT molecular complexity index is 16.9. The Kier molecular flexibility index (Phi) is 2260. The summed E-state index contributed by atoms with van der Waals surface area (Å²) in [4.78, 5) is 0. The number of rotatable bonds is 0. The molecule has 52 valence electrons. The van der Waals surface area contributed by atoms with E-state index in [2.05, 4.69) is 0 Å². The number of hydrogen-bond donors (Lipinski definition) is 0. The molecule has 0 amide bonds. The van der Waals surface area contributed by atoms with Crippen LogP contribution in [0.3, 0.4) is 0 Å². The molecule has 0 aromatic rings. The minimum atomic E-state index is 0. The van der Waals surface area contributed by atoms with Gasteiger partial charge < -0.3 is 30.8 Å². The molecule has 0 spiro atoms. The Morgan fingerprint density at radius 2 is 0.273 bits per heavy atom. The third-order valence-corrected chi connectivity index (χ3v) is 0. The first-order chi connectivity index (χ1) is 0. The molecule has 11 heteroatoms. The molecule has 0 aromatic carbocycles. The zero-order chi connectivity index (χ0) is 0. The Labute approximate surface area is 160 Å². The van der Waals surface area contributed by atoms with Gasteiger partial charge in [-0.3, -0.25) is 0 Å². The van der Waals surface area contributed by atoms with Crippen LogP contribution in [-0.4, -0.2) is 0 Å². The topological polar surface area (TPSA) is 152 Å². The van der Waals surface area contributed by atoms with Gasteiger partial charge in [0.25, 0.3) is 0 Å². The van der Waals surface area contributed by atoms with Crippen molar-refractivity contribution in [1.82, 2.24) is 0 Å². The quantitative estimate of drug-likeness (QED) is 0.329. The van der Waals surface area contributed by atoms with Crippen molar-refractivity contribution in [2.24, 2.45) is 0 Å². The van der Waals surface area contributed by atoms with Crippen molar-refractivity contribution in [2.75, 3.05) is 0 Å². The van der Waals surface area contributed by atoms with Crippen LogP contribution in [0.2, 0.25) is 0 Å². The van der Waals surface area contributed by atoms with E-state index in [0.29, 0.717) is 0 Å². The molecule has 0 aromatic heterocycles. The van der Waals surface area contributed by atoms with Crippen molar-refractivity contribution in [3.05, 3.63) is 30.8 Å². The van der Waals surface area contributed by atoms with Gasteiger partial charge in [0.1, 0.15) is 0 Å². The number of hydrogen-bond acceptors (Lipinski definition) is 0. The maximum atomic E-state index is 0. The molecule has 5 nitrogen and oxygen atoms in total. The first-order valence-electron chi connectivity index (χ1n) is 0. The van der Waals surface area contributed by atoms with Gasteiger partial charge in [0, 0.05) is 65.2 Å². The number of nitrogens with zero attached hydrogens (tertiary/aromatic N) is 5. The van der Waals surface area contributed by atoms with E-state index in [1.54, 1.807) is 0 Å². The molecule has 0 rings (SSSR count). The van der Waals surface area contributed by atoms with Crippen molar-refractivity contribution in [3.63, 3.8) is 0 Å². The van der Waals surface area contributed by atoms with Crippen LogP contribution < -0.4 is 0 Å². The molecule has 0 unspecified atom stereocenters. The standard InChI is InChI=1S/5N.3Ta.3Ti/q5*-3;3*+5;;;. The Morgan fingerprint density at radius 1 is 0.273 bits per heavy atom. The molecule has 0 N–H and O–H groups in total. The predicted molar refractivity (Wildman–Crippen MR) is 16.8 cm³/mol. The van der Waals surface area contributed by atoms with Gasteiger partial charge in [-0.25, -0.2) is 0 Å². The maximum absolute atomic E-state index is 0. The summed E-state index contributed by atoms with van der Waals surface area (Å²) >= 11 is 0. The molecule has 0 heterocycles. The second-order valence-electron chi connectivity index (χ2n) is 0. The minimum absolute atomic E-state index is 0. The van der Waals surface area contributed by atoms with Gasteiger partial charge in [-0.05, 0) is 0 Å². The third kappa shape index (κ3) is 121. The van der Waals surface area contributed by atoms with Crippen LogP contribution in [0.4, 0.5) is 0 Å². The van der Waals surface area contributed by atoms with E-state index < -0.39 is 0 Å². The van der Waals surface area contributed by atoms with E-state index in [-0.39, 0.29) is 163 Å². The van der Waals surface area contributed by atoms with Crippen LogP contribution in [-0.2, 0) is 132 Å². The van der Waals surface area contributed by atoms with Gasteiger partial charge in [0.15, 0.2) is 0 Å². The van der Waals surface area contributed by atoms with Crippen molar-refractivity contribution in [3.8, 4) is 0 Å². The fraction of sp³-hybridized carbons (Fsp3) is 0. The first-order valence-corrected chi connectivity index (χ1v) is 0. The van der Waals surface area contributed by atoms with Crippen molar-refractivity contribution in [1.29, 1.82) is 0 Å². The summed E-state index contributed by atoms with van der Waals surface area (Å²) in [5.41, 5.74) is 0. The predicted octanol–water partition coefficient (Wildman–Crippen LogP) is 1.43. The summed E-state index contributed by atoms with van der Waals surface area (Å²) < 4.78 is 0. The first kappa shape index (κ1) is 175. The smallest absolute Gasteiger partial charge is 3.00 e. The zero-order valence-corrected chi connectivity index (χ0v) is 19.4. The van der Waals surface area contributed by atoms with Crippen LogP contribution in [0, 0.1) is 0 Å². The van der Waals surface area contributed by atoms with Crippen LogP contribution in [0.15, 0.2) is 0 Å². The van der Waals surface area contributed by atoms with E-state index in [4.69, 9.17) is 0 Å². The molecule has 0 radical (unpaired) electrons. The van der Waals surface area contributed by atoms with Gasteiger partial charge in [-0.1, -0.05) is 0 Å². The second kappa shape index (κ2) is 142. The Balaban J connectivity index is 0. The summed E-state index contributed by atoms with van der Waals surface area (Å²) in [6.45, 7) is 0. The van der Waals surface area contributed by atoms with Crippen molar-refractivity contribution < 1.29 is 132 Å². The van der Waals surface area contributed by atoms with Gasteiger partial charge in [-0.2, -0.15) is 0 Å². The van der Waals surface area contributed by atoms with Crippen LogP contribution >= 0.6 is 0 Å². The largest absolute Gasteiger partial charge is 5.00 e. The van der Waals surface area contributed by atoms with E-state index in [0.717, 1.165) is 0 Å². The van der Waals surface area contributed by atoms with Gasteiger partial charge in [-0.15, -0.1) is 0 Å². The van der Waals surface area contributed by atoms with E-state index in [1.165, 1.54) is 0 Å². The molecular formula is N5Ta3Ti3. The van der Waals surface area contributed by atoms with E-state index >= 15 is 0 Å². The van der Waals surface area contributed by atoms with Crippen molar-refractivity contribution >= 4 is 0 Å². The summed E-state index contributed by atoms with van der Waals surface area (Å²) in [7, 11) is 0. The summed E-state index contributed by atoms with van der Waals surface area (Å²) in [5, 5.41) is 0. The second-order valence-corrected chi connectivity index (χ2v) is 0. The molecule has 0 aliphatic heterocycles. The van der Waals surface area contributed by atoms with Gasteiger partial charge in [0.2, 0.25) is 0 Å². The van der Waals surface area contributed by atoms with Gasteiger partial charge >= 0.3 is 67.1 Å². The summed E-state index contributed by atoms with van der Waals surface area (Å²) in [5.74, 6) is 0. The van der Waals surface area contributed by atoms with Crippen LogP contribution in [0.1, 0.15) is 0 Å². The molecule has 0 atom stereocenters. The molecule has 0 saturated carbocycles. The third-order valence-electron chi connectivity index (χ3n) is 0. The SMILES string of the molecule is [N-3].[N-3].[N-3].[N-3].[N-3].[Ta+5].[Ta+5].[Ta+5].[Ti].[Ti].[Ti]. The maximum Gasteiger partial charge on any atom is 5.00 e. The van der Waals surface area contributed by atoms with Gasteiger partial charge in [0.05, 0.1) is 0 Å². The molecule has 11 heavy (non-hydrogen) atoms. The fourth-order valence-corrected chi connectivity index (χ4v) is 0. The fourth-order valence-electron chi connectivity index (χ4n) is 0. The monoisotopic (exact) mass is 757 g/mol. The normalized spacial score (nSPS) is 0. The average Bonchev–Trinajstić information content (AvgIpc) is 0. The minimum Gasteiger partial charge on any atom is -3.00 e. The molecule has 0 aliphatic rings.